The number of anilines is 1. The van der Waals surface area contributed by atoms with E-state index in [2.05, 4.69) is 15.3 Å². The van der Waals surface area contributed by atoms with Crippen LogP contribution in [0.5, 0.6) is 0 Å². The van der Waals surface area contributed by atoms with Gasteiger partial charge in [0.05, 0.1) is 15.7 Å². The van der Waals surface area contributed by atoms with Crippen LogP contribution in [0.2, 0.25) is 10.0 Å². The number of nitrogen functional groups attached to an aromatic ring is 1. The van der Waals surface area contributed by atoms with Gasteiger partial charge in [-0.25, -0.2) is 0 Å². The summed E-state index contributed by atoms with van der Waals surface area (Å²) >= 11 is 13.4. The topological polar surface area (TPSA) is 69.1 Å². The lowest BCUT2D eigenvalue weighted by Crippen LogP contribution is -1.91. The predicted molar refractivity (Wildman–Crippen MR) is 73.3 cm³/mol. The van der Waals surface area contributed by atoms with E-state index >= 15 is 0 Å². The number of benzene rings is 1. The molecule has 92 valence electrons. The Kier molecular flexibility index (Phi) is 2.65. The Morgan fingerprint density at radius 3 is 2.50 bits per heavy atom. The van der Waals surface area contributed by atoms with Crippen molar-refractivity contribution in [2.75, 3.05) is 5.73 Å². The van der Waals surface area contributed by atoms with Crippen molar-refractivity contribution in [2.45, 2.75) is 6.92 Å². The lowest BCUT2D eigenvalue weighted by atomic mass is 10.2. The number of nitrogens with two attached hydrogens (primary N) is 1. The van der Waals surface area contributed by atoms with E-state index in [1.54, 1.807) is 16.6 Å². The lowest BCUT2D eigenvalue weighted by Gasteiger charge is -2.03. The first kappa shape index (κ1) is 11.7. The van der Waals surface area contributed by atoms with Crippen molar-refractivity contribution in [1.29, 1.82) is 0 Å². The van der Waals surface area contributed by atoms with E-state index in [0.717, 1.165) is 21.4 Å². The maximum atomic E-state index is 6.01. The summed E-state index contributed by atoms with van der Waals surface area (Å²) < 4.78 is 1.68. The Balaban J connectivity index is 2.19. The third kappa shape index (κ3) is 1.73. The third-order valence-electron chi connectivity index (χ3n) is 2.47. The highest BCUT2D eigenvalue weighted by Gasteiger charge is 2.13. The first-order chi connectivity index (χ1) is 8.56. The number of hydrogen-bond donors (Lipinski definition) is 1. The Morgan fingerprint density at radius 2 is 1.89 bits per heavy atom. The Labute approximate surface area is 116 Å². The molecule has 8 heteroatoms. The zero-order chi connectivity index (χ0) is 12.9. The summed E-state index contributed by atoms with van der Waals surface area (Å²) in [5.41, 5.74) is 6.89. The molecule has 0 fully saturated rings. The Morgan fingerprint density at radius 1 is 1.22 bits per heavy atom. The van der Waals surface area contributed by atoms with Gasteiger partial charge in [0.25, 0.3) is 0 Å². The van der Waals surface area contributed by atoms with Gasteiger partial charge in [-0.1, -0.05) is 34.5 Å². The average Bonchev–Trinajstić information content (AvgIpc) is 2.88. The molecular formula is C10H7Cl2N5S. The normalized spacial score (nSPS) is 11.3. The van der Waals surface area contributed by atoms with Crippen molar-refractivity contribution in [2.24, 2.45) is 0 Å². The summed E-state index contributed by atoms with van der Waals surface area (Å²) in [6, 6.07) is 3.48. The zero-order valence-corrected chi connectivity index (χ0v) is 11.5. The monoisotopic (exact) mass is 299 g/mol. The summed E-state index contributed by atoms with van der Waals surface area (Å²) in [5.74, 6) is 0.736. The minimum atomic E-state index is 0.376. The smallest absolute Gasteiger partial charge is 0.234 e. The standard InChI is InChI=1S/C10H7Cl2N5S/c1-4-14-15-10-17(4)16-9(18-10)5-2-6(11)8(13)7(12)3-5/h2-3H,13H2,1H3. The van der Waals surface area contributed by atoms with E-state index < -0.39 is 0 Å². The van der Waals surface area contributed by atoms with Gasteiger partial charge in [0.2, 0.25) is 4.96 Å². The molecule has 0 aliphatic rings. The minimum absolute atomic E-state index is 0.376. The van der Waals surface area contributed by atoms with Crippen molar-refractivity contribution in [3.05, 3.63) is 28.0 Å². The number of hydrogen-bond acceptors (Lipinski definition) is 5. The van der Waals surface area contributed by atoms with E-state index in [9.17, 15) is 0 Å². The number of aryl methyl sites for hydroxylation is 1. The molecule has 0 aliphatic carbocycles. The summed E-state index contributed by atoms with van der Waals surface area (Å²) in [7, 11) is 0. The fourth-order valence-electron chi connectivity index (χ4n) is 1.54. The zero-order valence-electron chi connectivity index (χ0n) is 9.19. The van der Waals surface area contributed by atoms with E-state index in [4.69, 9.17) is 28.9 Å². The van der Waals surface area contributed by atoms with Gasteiger partial charge in [-0.2, -0.15) is 9.61 Å². The molecule has 2 N–H and O–H groups in total. The fourth-order valence-corrected chi connectivity index (χ4v) is 2.90. The van der Waals surface area contributed by atoms with E-state index in [0.29, 0.717) is 15.7 Å². The molecule has 0 saturated carbocycles. The molecule has 5 nitrogen and oxygen atoms in total. The van der Waals surface area contributed by atoms with Crippen LogP contribution < -0.4 is 5.73 Å². The largest absolute Gasteiger partial charge is 0.396 e. The number of fused-ring (bicyclic) bond motifs is 1. The van der Waals surface area contributed by atoms with Crippen molar-refractivity contribution in [3.63, 3.8) is 0 Å². The van der Waals surface area contributed by atoms with Crippen molar-refractivity contribution < 1.29 is 0 Å². The quantitative estimate of drug-likeness (QED) is 0.701. The summed E-state index contributed by atoms with van der Waals surface area (Å²) in [6.45, 7) is 1.84. The molecule has 1 aromatic carbocycles. The average molecular weight is 300 g/mol. The predicted octanol–water partition coefficient (Wildman–Crippen LogP) is 3.05. The molecule has 0 amide bonds. The maximum Gasteiger partial charge on any atom is 0.234 e. The number of nitrogens with zero attached hydrogens (tertiary/aromatic N) is 4. The molecule has 0 bridgehead atoms. The van der Waals surface area contributed by atoms with Crippen molar-refractivity contribution >= 4 is 45.2 Å². The highest BCUT2D eigenvalue weighted by Crippen LogP contribution is 2.34. The lowest BCUT2D eigenvalue weighted by molar-refractivity contribution is 0.898. The van der Waals surface area contributed by atoms with Gasteiger partial charge in [-0.3, -0.25) is 0 Å². The molecular weight excluding hydrogens is 293 g/mol. The number of aromatic nitrogens is 4. The van der Waals surface area contributed by atoms with Crippen LogP contribution >= 0.6 is 34.5 Å². The van der Waals surface area contributed by atoms with Crippen LogP contribution in [-0.4, -0.2) is 19.8 Å². The molecule has 0 spiro atoms. The fraction of sp³-hybridized carbons (Fsp3) is 0.100. The van der Waals surface area contributed by atoms with Crippen molar-refractivity contribution in [1.82, 2.24) is 19.8 Å². The first-order valence-electron chi connectivity index (χ1n) is 5.00. The van der Waals surface area contributed by atoms with Crippen LogP contribution in [0.15, 0.2) is 12.1 Å². The second-order valence-electron chi connectivity index (χ2n) is 3.70. The van der Waals surface area contributed by atoms with Gasteiger partial charge >= 0.3 is 0 Å². The molecule has 18 heavy (non-hydrogen) atoms. The van der Waals surface area contributed by atoms with Crippen LogP contribution in [0.3, 0.4) is 0 Å². The third-order valence-corrected chi connectivity index (χ3v) is 4.05. The van der Waals surface area contributed by atoms with Crippen LogP contribution in [0.1, 0.15) is 5.82 Å². The first-order valence-corrected chi connectivity index (χ1v) is 6.57. The summed E-state index contributed by atoms with van der Waals surface area (Å²) in [5, 5.41) is 13.9. The highest BCUT2D eigenvalue weighted by atomic mass is 35.5. The van der Waals surface area contributed by atoms with Gasteiger partial charge < -0.3 is 5.73 Å². The molecule has 0 radical (unpaired) electrons. The Bertz CT molecular complexity index is 725. The van der Waals surface area contributed by atoms with Gasteiger partial charge in [0.1, 0.15) is 5.01 Å². The SMILES string of the molecule is Cc1nnc2sc(-c3cc(Cl)c(N)c(Cl)c3)nn12. The van der Waals surface area contributed by atoms with E-state index in [-0.39, 0.29) is 0 Å². The second-order valence-corrected chi connectivity index (χ2v) is 5.47. The molecule has 0 saturated heterocycles. The molecule has 2 aromatic heterocycles. The molecule has 3 rings (SSSR count). The van der Waals surface area contributed by atoms with E-state index in [1.165, 1.54) is 11.3 Å². The highest BCUT2D eigenvalue weighted by molar-refractivity contribution is 7.19. The van der Waals surface area contributed by atoms with Crippen LogP contribution in [0.25, 0.3) is 15.5 Å². The summed E-state index contributed by atoms with van der Waals surface area (Å²) in [6.07, 6.45) is 0. The molecule has 0 atom stereocenters. The summed E-state index contributed by atoms with van der Waals surface area (Å²) in [4.78, 5) is 0.728. The van der Waals surface area contributed by atoms with Gasteiger partial charge in [0.15, 0.2) is 5.82 Å². The van der Waals surface area contributed by atoms with Crippen molar-refractivity contribution in [3.8, 4) is 10.6 Å². The van der Waals surface area contributed by atoms with Gasteiger partial charge in [0, 0.05) is 5.56 Å². The molecule has 0 unspecified atom stereocenters. The minimum Gasteiger partial charge on any atom is -0.396 e. The second kappa shape index (κ2) is 4.08. The number of halogens is 2. The maximum absolute atomic E-state index is 6.01. The van der Waals surface area contributed by atoms with Crippen LogP contribution in [0, 0.1) is 6.92 Å². The van der Waals surface area contributed by atoms with Gasteiger partial charge in [-0.05, 0) is 19.1 Å². The Hall–Kier alpha value is -1.37. The molecule has 0 aliphatic heterocycles. The van der Waals surface area contributed by atoms with E-state index in [1.807, 2.05) is 6.92 Å². The van der Waals surface area contributed by atoms with Crippen LogP contribution in [0.4, 0.5) is 5.69 Å². The van der Waals surface area contributed by atoms with Gasteiger partial charge in [-0.15, -0.1) is 10.2 Å². The number of rotatable bonds is 1. The van der Waals surface area contributed by atoms with Crippen LogP contribution in [-0.2, 0) is 0 Å². The molecule has 2 heterocycles. The molecule has 3 aromatic rings.